The second-order valence-electron chi connectivity index (χ2n) is 4.51. The number of hydrogen-bond acceptors (Lipinski definition) is 3. The van der Waals surface area contributed by atoms with Gasteiger partial charge in [0.15, 0.2) is 0 Å². The quantitative estimate of drug-likeness (QED) is 0.912. The molecule has 0 saturated heterocycles. The predicted octanol–water partition coefficient (Wildman–Crippen LogP) is 3.76. The molecule has 0 amide bonds. The lowest BCUT2D eigenvalue weighted by atomic mass is 10.0. The number of thiophene rings is 1. The van der Waals surface area contributed by atoms with Crippen LogP contribution in [0.4, 0.5) is 0 Å². The van der Waals surface area contributed by atoms with Crippen molar-refractivity contribution in [2.45, 2.75) is 26.9 Å². The van der Waals surface area contributed by atoms with Crippen molar-refractivity contribution in [3.05, 3.63) is 50.7 Å². The maximum Gasteiger partial charge on any atom is 0.119 e. The first-order valence-electron chi connectivity index (χ1n) is 5.92. The minimum Gasteiger partial charge on any atom is -0.497 e. The van der Waals surface area contributed by atoms with E-state index < -0.39 is 6.10 Å². The van der Waals surface area contributed by atoms with Crippen LogP contribution < -0.4 is 4.74 Å². The lowest BCUT2D eigenvalue weighted by Gasteiger charge is -2.13. The molecule has 1 N–H and O–H groups in total. The summed E-state index contributed by atoms with van der Waals surface area (Å²) in [5, 5.41) is 10.4. The van der Waals surface area contributed by atoms with Crippen molar-refractivity contribution in [2.75, 3.05) is 7.11 Å². The molecule has 1 unspecified atom stereocenters. The molecule has 1 aromatic carbocycles. The highest BCUT2D eigenvalue weighted by Gasteiger charge is 2.16. The summed E-state index contributed by atoms with van der Waals surface area (Å²) < 4.78 is 5.18. The van der Waals surface area contributed by atoms with Gasteiger partial charge in [-0.25, -0.2) is 0 Å². The largest absolute Gasteiger partial charge is 0.497 e. The Bertz CT molecular complexity index is 538. The molecule has 0 radical (unpaired) electrons. The molecule has 0 bridgehead atoms. The second kappa shape index (κ2) is 5.12. The van der Waals surface area contributed by atoms with Crippen LogP contribution in [0, 0.1) is 20.8 Å². The smallest absolute Gasteiger partial charge is 0.119 e. The third-order valence-corrected chi connectivity index (χ3v) is 4.43. The SMILES string of the molecule is COc1ccc(C(O)c2cc(C)c(C)s2)c(C)c1. The van der Waals surface area contributed by atoms with Crippen LogP contribution in [0.3, 0.4) is 0 Å². The van der Waals surface area contributed by atoms with E-state index in [9.17, 15) is 5.11 Å². The van der Waals surface area contributed by atoms with Gasteiger partial charge in [0.25, 0.3) is 0 Å². The van der Waals surface area contributed by atoms with Crippen molar-refractivity contribution in [1.29, 1.82) is 0 Å². The molecule has 2 aromatic rings. The summed E-state index contributed by atoms with van der Waals surface area (Å²) in [5.74, 6) is 0.821. The summed E-state index contributed by atoms with van der Waals surface area (Å²) in [5.41, 5.74) is 3.22. The van der Waals surface area contributed by atoms with Crippen LogP contribution in [-0.2, 0) is 0 Å². The van der Waals surface area contributed by atoms with Crippen molar-refractivity contribution in [3.8, 4) is 5.75 Å². The standard InChI is InChI=1S/C15H18O2S/c1-9-8-14(18-11(9)3)15(16)13-6-5-12(17-4)7-10(13)2/h5-8,15-16H,1-4H3. The van der Waals surface area contributed by atoms with Crippen molar-refractivity contribution in [3.63, 3.8) is 0 Å². The van der Waals surface area contributed by atoms with Gasteiger partial charge in [0.05, 0.1) is 7.11 Å². The molecule has 0 aliphatic rings. The van der Waals surface area contributed by atoms with E-state index in [1.165, 1.54) is 10.4 Å². The monoisotopic (exact) mass is 262 g/mol. The number of methoxy groups -OCH3 is 1. The zero-order valence-electron chi connectivity index (χ0n) is 11.2. The molecular formula is C15H18O2S. The average molecular weight is 262 g/mol. The van der Waals surface area contributed by atoms with Crippen LogP contribution >= 0.6 is 11.3 Å². The van der Waals surface area contributed by atoms with Gasteiger partial charge in [-0.3, -0.25) is 0 Å². The minimum absolute atomic E-state index is 0.548. The molecule has 3 heteroatoms. The van der Waals surface area contributed by atoms with Gasteiger partial charge in [-0.1, -0.05) is 6.07 Å². The van der Waals surface area contributed by atoms with E-state index in [0.717, 1.165) is 21.8 Å². The van der Waals surface area contributed by atoms with Crippen LogP contribution in [-0.4, -0.2) is 12.2 Å². The van der Waals surface area contributed by atoms with E-state index in [4.69, 9.17) is 4.74 Å². The lowest BCUT2D eigenvalue weighted by molar-refractivity contribution is 0.223. The third-order valence-electron chi connectivity index (χ3n) is 3.23. The Morgan fingerprint density at radius 1 is 1.11 bits per heavy atom. The molecule has 2 rings (SSSR count). The van der Waals surface area contributed by atoms with Gasteiger partial charge in [-0.2, -0.15) is 0 Å². The summed E-state index contributed by atoms with van der Waals surface area (Å²) in [6.45, 7) is 6.15. The van der Waals surface area contributed by atoms with Crippen LogP contribution in [0.5, 0.6) is 5.75 Å². The van der Waals surface area contributed by atoms with E-state index in [2.05, 4.69) is 19.9 Å². The topological polar surface area (TPSA) is 29.5 Å². The molecule has 18 heavy (non-hydrogen) atoms. The molecular weight excluding hydrogens is 244 g/mol. The summed E-state index contributed by atoms with van der Waals surface area (Å²) in [6.07, 6.45) is -0.548. The van der Waals surface area contributed by atoms with Crippen LogP contribution in [0.1, 0.15) is 32.5 Å². The zero-order chi connectivity index (χ0) is 13.3. The number of aryl methyl sites for hydroxylation is 3. The zero-order valence-corrected chi connectivity index (χ0v) is 12.0. The molecule has 0 aliphatic heterocycles. The number of aliphatic hydroxyl groups excluding tert-OH is 1. The third kappa shape index (κ3) is 2.42. The fraction of sp³-hybridized carbons (Fsp3) is 0.333. The maximum atomic E-state index is 10.4. The van der Waals surface area contributed by atoms with Gasteiger partial charge < -0.3 is 9.84 Å². The van der Waals surface area contributed by atoms with E-state index in [1.54, 1.807) is 18.4 Å². The number of benzene rings is 1. The fourth-order valence-corrected chi connectivity index (χ4v) is 3.02. The Labute approximate surface area is 112 Å². The van der Waals surface area contributed by atoms with Crippen molar-refractivity contribution >= 4 is 11.3 Å². The minimum atomic E-state index is -0.548. The molecule has 0 fully saturated rings. The summed E-state index contributed by atoms with van der Waals surface area (Å²) in [4.78, 5) is 2.26. The summed E-state index contributed by atoms with van der Waals surface area (Å²) in [7, 11) is 1.65. The summed E-state index contributed by atoms with van der Waals surface area (Å²) in [6, 6.07) is 7.84. The Balaban J connectivity index is 2.36. The second-order valence-corrected chi connectivity index (χ2v) is 5.80. The van der Waals surface area contributed by atoms with E-state index in [1.807, 2.05) is 25.1 Å². The van der Waals surface area contributed by atoms with E-state index >= 15 is 0 Å². The van der Waals surface area contributed by atoms with E-state index in [0.29, 0.717) is 0 Å². The maximum absolute atomic E-state index is 10.4. The average Bonchev–Trinajstić information content (AvgIpc) is 2.68. The predicted molar refractivity (Wildman–Crippen MR) is 75.6 cm³/mol. The number of rotatable bonds is 3. The van der Waals surface area contributed by atoms with Crippen LogP contribution in [0.2, 0.25) is 0 Å². The Morgan fingerprint density at radius 3 is 2.33 bits per heavy atom. The van der Waals surface area contributed by atoms with Gasteiger partial charge in [-0.15, -0.1) is 11.3 Å². The van der Waals surface area contributed by atoms with Gasteiger partial charge in [0, 0.05) is 9.75 Å². The molecule has 1 heterocycles. The fourth-order valence-electron chi connectivity index (χ4n) is 1.97. The number of aliphatic hydroxyl groups is 1. The van der Waals surface area contributed by atoms with Gasteiger partial charge in [-0.05, 0) is 55.7 Å². The molecule has 1 atom stereocenters. The van der Waals surface area contributed by atoms with Gasteiger partial charge in [0.1, 0.15) is 11.9 Å². The van der Waals surface area contributed by atoms with Crippen molar-refractivity contribution in [1.82, 2.24) is 0 Å². The highest BCUT2D eigenvalue weighted by atomic mass is 32.1. The Morgan fingerprint density at radius 2 is 1.83 bits per heavy atom. The molecule has 0 saturated carbocycles. The molecule has 2 nitrogen and oxygen atoms in total. The highest BCUT2D eigenvalue weighted by molar-refractivity contribution is 7.12. The summed E-state index contributed by atoms with van der Waals surface area (Å²) >= 11 is 1.65. The van der Waals surface area contributed by atoms with Crippen LogP contribution in [0.15, 0.2) is 24.3 Å². The number of hydrogen-bond donors (Lipinski definition) is 1. The lowest BCUT2D eigenvalue weighted by Crippen LogP contribution is -2.00. The van der Waals surface area contributed by atoms with Crippen molar-refractivity contribution < 1.29 is 9.84 Å². The molecule has 96 valence electrons. The molecule has 1 aromatic heterocycles. The molecule has 0 aliphatic carbocycles. The Hall–Kier alpha value is -1.32. The Kier molecular flexibility index (Phi) is 3.73. The van der Waals surface area contributed by atoms with Gasteiger partial charge in [0.2, 0.25) is 0 Å². The highest BCUT2D eigenvalue weighted by Crippen LogP contribution is 2.33. The van der Waals surface area contributed by atoms with Crippen LogP contribution in [0.25, 0.3) is 0 Å². The molecule has 0 spiro atoms. The van der Waals surface area contributed by atoms with E-state index in [-0.39, 0.29) is 0 Å². The first kappa shape index (κ1) is 13.1. The first-order chi connectivity index (χ1) is 8.52. The van der Waals surface area contributed by atoms with Crippen molar-refractivity contribution in [2.24, 2.45) is 0 Å². The normalized spacial score (nSPS) is 12.5. The van der Waals surface area contributed by atoms with Gasteiger partial charge >= 0.3 is 0 Å². The first-order valence-corrected chi connectivity index (χ1v) is 6.74. The number of ether oxygens (including phenoxy) is 1.